The summed E-state index contributed by atoms with van der Waals surface area (Å²) >= 11 is 2.79. The Labute approximate surface area is 115 Å². The lowest BCUT2D eigenvalue weighted by molar-refractivity contribution is 0.102. The molecule has 94 valence electrons. The number of aryl methyl sites for hydroxylation is 3. The minimum Gasteiger partial charge on any atom is -0.293 e. The van der Waals surface area contributed by atoms with Crippen molar-refractivity contribution < 1.29 is 4.79 Å². The van der Waals surface area contributed by atoms with E-state index < -0.39 is 0 Å². The number of Topliss-reactive ketones (excluding diaryl/α,β-unsaturated/α-hetero) is 1. The smallest absolute Gasteiger partial charge is 0.173 e. The molecule has 2 rings (SSSR count). The third kappa shape index (κ3) is 3.17. The van der Waals surface area contributed by atoms with Crippen LogP contribution in [0.1, 0.15) is 27.3 Å². The molecule has 0 fully saturated rings. The molecule has 0 amide bonds. The second-order valence-electron chi connectivity index (χ2n) is 4.12. The molecule has 0 spiro atoms. The van der Waals surface area contributed by atoms with Gasteiger partial charge in [-0.1, -0.05) is 23.9 Å². The molecular weight excluding hydrogens is 264 g/mol. The van der Waals surface area contributed by atoms with Crippen LogP contribution in [0.4, 0.5) is 0 Å². The molecule has 0 bridgehead atoms. The average molecular weight is 278 g/mol. The van der Waals surface area contributed by atoms with Crippen molar-refractivity contribution in [1.82, 2.24) is 9.36 Å². The molecule has 0 radical (unpaired) electrons. The predicted molar refractivity (Wildman–Crippen MR) is 75.6 cm³/mol. The van der Waals surface area contributed by atoms with E-state index >= 15 is 0 Å². The standard InChI is InChI=1S/C13H14N2OS2/c1-8-4-5-11(6-9(8)2)12(16)7-17-13-14-10(3)15-18-13/h4-6H,7H2,1-3H3. The molecule has 18 heavy (non-hydrogen) atoms. The minimum absolute atomic E-state index is 0.135. The van der Waals surface area contributed by atoms with Gasteiger partial charge in [0.25, 0.3) is 0 Å². The van der Waals surface area contributed by atoms with Gasteiger partial charge in [0.1, 0.15) is 5.82 Å². The minimum atomic E-state index is 0.135. The van der Waals surface area contributed by atoms with Crippen molar-refractivity contribution in [3.05, 3.63) is 40.7 Å². The zero-order valence-electron chi connectivity index (χ0n) is 10.6. The summed E-state index contributed by atoms with van der Waals surface area (Å²) in [6.45, 7) is 5.92. The third-order valence-electron chi connectivity index (χ3n) is 2.66. The number of thioether (sulfide) groups is 1. The molecule has 1 aromatic heterocycles. The van der Waals surface area contributed by atoms with Gasteiger partial charge in [0.05, 0.1) is 5.75 Å². The van der Waals surface area contributed by atoms with E-state index in [0.29, 0.717) is 5.75 Å². The lowest BCUT2D eigenvalue weighted by Crippen LogP contribution is -2.03. The summed E-state index contributed by atoms with van der Waals surface area (Å²) in [6, 6.07) is 5.82. The van der Waals surface area contributed by atoms with Crippen LogP contribution in [0.5, 0.6) is 0 Å². The van der Waals surface area contributed by atoms with Gasteiger partial charge in [-0.15, -0.1) is 0 Å². The number of hydrogen-bond acceptors (Lipinski definition) is 5. The van der Waals surface area contributed by atoms with Crippen molar-refractivity contribution in [2.45, 2.75) is 25.1 Å². The Morgan fingerprint density at radius 3 is 2.67 bits per heavy atom. The van der Waals surface area contributed by atoms with Crippen molar-refractivity contribution in [3.63, 3.8) is 0 Å². The van der Waals surface area contributed by atoms with E-state index in [9.17, 15) is 4.79 Å². The Morgan fingerprint density at radius 1 is 1.28 bits per heavy atom. The van der Waals surface area contributed by atoms with Crippen LogP contribution in [0.15, 0.2) is 22.5 Å². The quantitative estimate of drug-likeness (QED) is 0.634. The van der Waals surface area contributed by atoms with Crippen LogP contribution >= 0.6 is 23.3 Å². The van der Waals surface area contributed by atoms with Gasteiger partial charge >= 0.3 is 0 Å². The number of rotatable bonds is 4. The maximum Gasteiger partial charge on any atom is 0.173 e. The van der Waals surface area contributed by atoms with Gasteiger partial charge in [-0.3, -0.25) is 4.79 Å². The molecule has 0 aliphatic heterocycles. The maximum absolute atomic E-state index is 12.0. The first kappa shape index (κ1) is 13.2. The van der Waals surface area contributed by atoms with Crippen LogP contribution in [-0.4, -0.2) is 20.9 Å². The monoisotopic (exact) mass is 278 g/mol. The molecule has 0 saturated carbocycles. The molecular formula is C13H14N2OS2. The number of hydrogen-bond donors (Lipinski definition) is 0. The normalized spacial score (nSPS) is 10.6. The van der Waals surface area contributed by atoms with Crippen molar-refractivity contribution in [1.29, 1.82) is 0 Å². The summed E-state index contributed by atoms with van der Waals surface area (Å²) in [7, 11) is 0. The number of nitrogens with zero attached hydrogens (tertiary/aromatic N) is 2. The highest BCUT2D eigenvalue weighted by Gasteiger charge is 2.09. The van der Waals surface area contributed by atoms with E-state index in [1.165, 1.54) is 28.9 Å². The molecule has 0 unspecified atom stereocenters. The molecule has 1 heterocycles. The largest absolute Gasteiger partial charge is 0.293 e. The van der Waals surface area contributed by atoms with Gasteiger partial charge in [0.2, 0.25) is 0 Å². The molecule has 3 nitrogen and oxygen atoms in total. The highest BCUT2D eigenvalue weighted by atomic mass is 32.2. The first-order valence-electron chi connectivity index (χ1n) is 5.60. The van der Waals surface area contributed by atoms with E-state index in [-0.39, 0.29) is 5.78 Å². The maximum atomic E-state index is 12.0. The fourth-order valence-corrected chi connectivity index (χ4v) is 3.00. The molecule has 0 aliphatic carbocycles. The van der Waals surface area contributed by atoms with Gasteiger partial charge in [-0.2, -0.15) is 4.37 Å². The Morgan fingerprint density at radius 2 is 2.06 bits per heavy atom. The fourth-order valence-electron chi connectivity index (χ4n) is 1.46. The molecule has 0 N–H and O–H groups in total. The third-order valence-corrected chi connectivity index (χ3v) is 4.59. The first-order chi connectivity index (χ1) is 8.56. The molecule has 0 saturated heterocycles. The zero-order chi connectivity index (χ0) is 13.1. The van der Waals surface area contributed by atoms with Crippen molar-refractivity contribution in [2.75, 3.05) is 5.75 Å². The Bertz CT molecular complexity index is 578. The molecule has 1 aromatic carbocycles. The summed E-state index contributed by atoms with van der Waals surface area (Å²) in [5, 5.41) is 0. The van der Waals surface area contributed by atoms with Gasteiger partial charge in [-0.25, -0.2) is 4.98 Å². The Kier molecular flexibility index (Phi) is 4.14. The molecule has 0 aliphatic rings. The van der Waals surface area contributed by atoms with Crippen LogP contribution in [0.25, 0.3) is 0 Å². The van der Waals surface area contributed by atoms with Crippen LogP contribution in [0.2, 0.25) is 0 Å². The average Bonchev–Trinajstić information content (AvgIpc) is 2.75. The van der Waals surface area contributed by atoms with Gasteiger partial charge in [0.15, 0.2) is 10.1 Å². The second kappa shape index (κ2) is 5.63. The SMILES string of the molecule is Cc1nsc(SCC(=O)c2ccc(C)c(C)c2)n1. The lowest BCUT2D eigenvalue weighted by atomic mass is 10.0. The number of benzene rings is 1. The summed E-state index contributed by atoms with van der Waals surface area (Å²) in [6.07, 6.45) is 0. The van der Waals surface area contributed by atoms with Gasteiger partial charge in [0, 0.05) is 5.56 Å². The highest BCUT2D eigenvalue weighted by molar-refractivity contribution is 8.01. The second-order valence-corrected chi connectivity index (χ2v) is 6.09. The van der Waals surface area contributed by atoms with Gasteiger partial charge in [-0.05, 0) is 49.5 Å². The number of ketones is 1. The highest BCUT2D eigenvalue weighted by Crippen LogP contribution is 2.21. The Balaban J connectivity index is 2.01. The number of carbonyl (C=O) groups excluding carboxylic acids is 1. The van der Waals surface area contributed by atoms with Crippen LogP contribution in [-0.2, 0) is 0 Å². The van der Waals surface area contributed by atoms with E-state index in [1.807, 2.05) is 39.0 Å². The van der Waals surface area contributed by atoms with Crippen LogP contribution in [0.3, 0.4) is 0 Å². The first-order valence-corrected chi connectivity index (χ1v) is 7.36. The Hall–Kier alpha value is -1.20. The summed E-state index contributed by atoms with van der Waals surface area (Å²) in [5.41, 5.74) is 3.13. The number of aromatic nitrogens is 2. The molecule has 0 atom stereocenters. The van der Waals surface area contributed by atoms with E-state index in [0.717, 1.165) is 21.3 Å². The van der Waals surface area contributed by atoms with E-state index in [1.54, 1.807) is 0 Å². The van der Waals surface area contributed by atoms with Crippen molar-refractivity contribution in [2.24, 2.45) is 0 Å². The topological polar surface area (TPSA) is 42.9 Å². The molecule has 5 heteroatoms. The summed E-state index contributed by atoms with van der Waals surface area (Å²) in [5.74, 6) is 1.31. The van der Waals surface area contributed by atoms with Crippen molar-refractivity contribution in [3.8, 4) is 0 Å². The summed E-state index contributed by atoms with van der Waals surface area (Å²) in [4.78, 5) is 16.3. The fraction of sp³-hybridized carbons (Fsp3) is 0.308. The summed E-state index contributed by atoms with van der Waals surface area (Å²) < 4.78 is 4.94. The van der Waals surface area contributed by atoms with Crippen LogP contribution < -0.4 is 0 Å². The zero-order valence-corrected chi connectivity index (χ0v) is 12.2. The molecule has 2 aromatic rings. The van der Waals surface area contributed by atoms with Crippen LogP contribution in [0, 0.1) is 20.8 Å². The predicted octanol–water partition coefficient (Wildman–Crippen LogP) is 3.44. The van der Waals surface area contributed by atoms with Gasteiger partial charge < -0.3 is 0 Å². The van der Waals surface area contributed by atoms with E-state index in [4.69, 9.17) is 0 Å². The van der Waals surface area contributed by atoms with E-state index in [2.05, 4.69) is 9.36 Å². The lowest BCUT2D eigenvalue weighted by Gasteiger charge is -2.03. The number of carbonyl (C=O) groups is 1. The van der Waals surface area contributed by atoms with Crippen molar-refractivity contribution >= 4 is 29.1 Å².